The fraction of sp³-hybridized carbons (Fsp3) is 1.00. The molecule has 0 radical (unpaired) electrons. The number of aliphatic hydroxyl groups is 1. The van der Waals surface area contributed by atoms with E-state index in [0.717, 1.165) is 13.0 Å². The van der Waals surface area contributed by atoms with Crippen LogP contribution in [0.5, 0.6) is 0 Å². The first-order valence-electron chi connectivity index (χ1n) is 3.96. The highest BCUT2D eigenvalue weighted by Crippen LogP contribution is 2.08. The quantitative estimate of drug-likeness (QED) is 0.610. The van der Waals surface area contributed by atoms with Crippen LogP contribution in [-0.4, -0.2) is 42.3 Å². The van der Waals surface area contributed by atoms with Crippen molar-refractivity contribution in [2.45, 2.75) is 31.9 Å². The molecule has 0 spiro atoms. The summed E-state index contributed by atoms with van der Waals surface area (Å²) in [4.78, 5) is 2.06. The van der Waals surface area contributed by atoms with Crippen LogP contribution < -0.4 is 5.73 Å². The smallest absolute Gasteiger partial charge is 0.0742 e. The molecule has 0 aromatic carbocycles. The predicted molar refractivity (Wildman–Crippen MR) is 47.4 cm³/mol. The van der Waals surface area contributed by atoms with Crippen molar-refractivity contribution in [3.63, 3.8) is 0 Å². The minimum atomic E-state index is -0.754. The van der Waals surface area contributed by atoms with Gasteiger partial charge in [-0.3, -0.25) is 0 Å². The highest BCUT2D eigenvalue weighted by molar-refractivity contribution is 4.80. The van der Waals surface area contributed by atoms with Crippen molar-refractivity contribution >= 4 is 0 Å². The van der Waals surface area contributed by atoms with Crippen molar-refractivity contribution in [1.29, 1.82) is 0 Å². The average molecular weight is 160 g/mol. The SMILES string of the molecule is CN(C)CCC(N)C(C)(C)O. The summed E-state index contributed by atoms with van der Waals surface area (Å²) in [7, 11) is 3.99. The molecule has 11 heavy (non-hydrogen) atoms. The summed E-state index contributed by atoms with van der Waals surface area (Å²) in [5.74, 6) is 0. The van der Waals surface area contributed by atoms with Crippen LogP contribution >= 0.6 is 0 Å². The van der Waals surface area contributed by atoms with Gasteiger partial charge >= 0.3 is 0 Å². The highest BCUT2D eigenvalue weighted by Gasteiger charge is 2.22. The van der Waals surface area contributed by atoms with Crippen LogP contribution in [0.1, 0.15) is 20.3 Å². The zero-order valence-corrected chi connectivity index (χ0v) is 7.96. The molecule has 3 N–H and O–H groups in total. The number of nitrogens with zero attached hydrogens (tertiary/aromatic N) is 1. The van der Waals surface area contributed by atoms with E-state index in [9.17, 15) is 5.11 Å². The lowest BCUT2D eigenvalue weighted by molar-refractivity contribution is 0.0468. The number of hydrogen-bond acceptors (Lipinski definition) is 3. The van der Waals surface area contributed by atoms with Gasteiger partial charge in [0.05, 0.1) is 5.60 Å². The van der Waals surface area contributed by atoms with E-state index in [1.807, 2.05) is 14.1 Å². The molecule has 3 heteroatoms. The van der Waals surface area contributed by atoms with Gasteiger partial charge in [0, 0.05) is 6.04 Å². The van der Waals surface area contributed by atoms with Crippen LogP contribution in [0.15, 0.2) is 0 Å². The van der Waals surface area contributed by atoms with E-state index in [0.29, 0.717) is 0 Å². The lowest BCUT2D eigenvalue weighted by Gasteiger charge is -2.26. The maximum Gasteiger partial charge on any atom is 0.0742 e. The van der Waals surface area contributed by atoms with Crippen molar-refractivity contribution in [1.82, 2.24) is 4.90 Å². The van der Waals surface area contributed by atoms with Gasteiger partial charge < -0.3 is 15.7 Å². The third kappa shape index (κ3) is 5.18. The van der Waals surface area contributed by atoms with E-state index in [2.05, 4.69) is 4.90 Å². The molecule has 1 atom stereocenters. The number of nitrogens with two attached hydrogens (primary N) is 1. The van der Waals surface area contributed by atoms with Crippen molar-refractivity contribution in [2.24, 2.45) is 5.73 Å². The van der Waals surface area contributed by atoms with E-state index in [-0.39, 0.29) is 6.04 Å². The molecular weight excluding hydrogens is 140 g/mol. The first kappa shape index (κ1) is 10.9. The molecular formula is C8H20N2O. The van der Waals surface area contributed by atoms with Crippen LogP contribution in [0.2, 0.25) is 0 Å². The molecule has 0 fully saturated rings. The van der Waals surface area contributed by atoms with Gasteiger partial charge in [0.15, 0.2) is 0 Å². The molecule has 0 bridgehead atoms. The molecule has 0 saturated carbocycles. The lowest BCUT2D eigenvalue weighted by Crippen LogP contribution is -2.44. The Hall–Kier alpha value is -0.120. The Bertz CT molecular complexity index is 107. The Labute approximate surface area is 69.2 Å². The molecule has 0 aromatic heterocycles. The summed E-state index contributed by atoms with van der Waals surface area (Å²) >= 11 is 0. The van der Waals surface area contributed by atoms with Crippen LogP contribution in [0.3, 0.4) is 0 Å². The molecule has 3 nitrogen and oxygen atoms in total. The first-order valence-corrected chi connectivity index (χ1v) is 3.96. The second-order valence-electron chi connectivity index (χ2n) is 3.85. The predicted octanol–water partition coefficient (Wildman–Crippen LogP) is 0.0363. The maximum absolute atomic E-state index is 9.46. The van der Waals surface area contributed by atoms with Crippen molar-refractivity contribution in [2.75, 3.05) is 20.6 Å². The van der Waals surface area contributed by atoms with E-state index < -0.39 is 5.60 Å². The molecule has 0 aliphatic rings. The van der Waals surface area contributed by atoms with E-state index in [1.54, 1.807) is 13.8 Å². The fourth-order valence-electron chi connectivity index (χ4n) is 0.751. The molecule has 0 aliphatic carbocycles. The zero-order valence-electron chi connectivity index (χ0n) is 7.96. The van der Waals surface area contributed by atoms with E-state index in [4.69, 9.17) is 5.73 Å². The van der Waals surface area contributed by atoms with Crippen LogP contribution in [-0.2, 0) is 0 Å². The van der Waals surface area contributed by atoms with Gasteiger partial charge in [0.2, 0.25) is 0 Å². The normalized spacial score (nSPS) is 15.5. The van der Waals surface area contributed by atoms with Gasteiger partial charge in [0.1, 0.15) is 0 Å². The van der Waals surface area contributed by atoms with Gasteiger partial charge in [-0.1, -0.05) is 0 Å². The summed E-state index contributed by atoms with van der Waals surface area (Å²) < 4.78 is 0. The third-order valence-corrected chi connectivity index (χ3v) is 1.79. The van der Waals surface area contributed by atoms with E-state index >= 15 is 0 Å². The van der Waals surface area contributed by atoms with Crippen molar-refractivity contribution in [3.8, 4) is 0 Å². The lowest BCUT2D eigenvalue weighted by atomic mass is 9.97. The molecule has 0 aromatic rings. The minimum Gasteiger partial charge on any atom is -0.389 e. The molecule has 68 valence electrons. The summed E-state index contributed by atoms with van der Waals surface area (Å²) in [6.45, 7) is 4.41. The number of hydrogen-bond donors (Lipinski definition) is 2. The summed E-state index contributed by atoms with van der Waals surface area (Å²) in [5, 5.41) is 9.46. The van der Waals surface area contributed by atoms with Crippen molar-refractivity contribution in [3.05, 3.63) is 0 Å². The van der Waals surface area contributed by atoms with Crippen LogP contribution in [0.25, 0.3) is 0 Å². The minimum absolute atomic E-state index is 0.134. The van der Waals surface area contributed by atoms with Crippen molar-refractivity contribution < 1.29 is 5.11 Å². The van der Waals surface area contributed by atoms with Crippen LogP contribution in [0.4, 0.5) is 0 Å². The Morgan fingerprint density at radius 2 is 1.91 bits per heavy atom. The molecule has 1 unspecified atom stereocenters. The molecule has 0 rings (SSSR count). The number of rotatable bonds is 4. The van der Waals surface area contributed by atoms with Gasteiger partial charge in [-0.15, -0.1) is 0 Å². The summed E-state index contributed by atoms with van der Waals surface area (Å²) in [6, 6.07) is -0.134. The van der Waals surface area contributed by atoms with Crippen LogP contribution in [0, 0.1) is 0 Å². The van der Waals surface area contributed by atoms with Gasteiger partial charge in [-0.25, -0.2) is 0 Å². The van der Waals surface area contributed by atoms with E-state index in [1.165, 1.54) is 0 Å². The maximum atomic E-state index is 9.46. The monoisotopic (exact) mass is 160 g/mol. The first-order chi connectivity index (χ1) is 4.84. The third-order valence-electron chi connectivity index (χ3n) is 1.79. The van der Waals surface area contributed by atoms with Gasteiger partial charge in [-0.05, 0) is 40.9 Å². The zero-order chi connectivity index (χ0) is 9.07. The Morgan fingerprint density at radius 1 is 1.45 bits per heavy atom. The Balaban J connectivity index is 3.61. The van der Waals surface area contributed by atoms with Gasteiger partial charge in [0.25, 0.3) is 0 Å². The van der Waals surface area contributed by atoms with Gasteiger partial charge in [-0.2, -0.15) is 0 Å². The summed E-state index contributed by atoms with van der Waals surface area (Å²) in [5.41, 5.74) is 4.97. The standard InChI is InChI=1S/C8H20N2O/c1-8(2,11)7(9)5-6-10(3)4/h7,11H,5-6,9H2,1-4H3. The Kier molecular flexibility index (Phi) is 4.00. The average Bonchev–Trinajstić information content (AvgIpc) is 1.80. The molecule has 0 heterocycles. The Morgan fingerprint density at radius 3 is 2.18 bits per heavy atom. The molecule has 0 saturated heterocycles. The largest absolute Gasteiger partial charge is 0.389 e. The second-order valence-corrected chi connectivity index (χ2v) is 3.85. The highest BCUT2D eigenvalue weighted by atomic mass is 16.3. The molecule has 0 amide bonds. The topological polar surface area (TPSA) is 49.5 Å². The second kappa shape index (κ2) is 4.04. The summed E-state index contributed by atoms with van der Waals surface area (Å²) in [6.07, 6.45) is 0.830. The molecule has 0 aliphatic heterocycles. The fourth-order valence-corrected chi connectivity index (χ4v) is 0.751.